The largest absolute Gasteiger partial charge is 0.493 e. The van der Waals surface area contributed by atoms with Crippen LogP contribution < -0.4 is 14.8 Å². The maximum Gasteiger partial charge on any atom is 0.416 e. The lowest BCUT2D eigenvalue weighted by Crippen LogP contribution is -2.24. The molecule has 0 spiro atoms. The first-order valence-corrected chi connectivity index (χ1v) is 8.80. The van der Waals surface area contributed by atoms with Gasteiger partial charge in [-0.3, -0.25) is 14.9 Å². The average molecular weight is 454 g/mol. The number of carbonyl (C=O) groups excluding carboxylic acids is 1. The third-order valence-corrected chi connectivity index (χ3v) is 4.03. The Hall–Kier alpha value is -4.09. The van der Waals surface area contributed by atoms with Crippen LogP contribution in [-0.2, 0) is 22.4 Å². The fourth-order valence-electron chi connectivity index (χ4n) is 2.59. The van der Waals surface area contributed by atoms with Crippen molar-refractivity contribution in [3.8, 4) is 11.5 Å². The molecule has 0 heterocycles. The predicted octanol–water partition coefficient (Wildman–Crippen LogP) is 3.76. The van der Waals surface area contributed by atoms with Gasteiger partial charge in [-0.15, -0.1) is 0 Å². The molecule has 9 nitrogen and oxygen atoms in total. The van der Waals surface area contributed by atoms with Crippen molar-refractivity contribution in [1.29, 1.82) is 0 Å². The molecule has 0 aliphatic heterocycles. The monoisotopic (exact) mass is 454 g/mol. The highest BCUT2D eigenvalue weighted by Crippen LogP contribution is 2.34. The van der Waals surface area contributed by atoms with Gasteiger partial charge in [-0.1, -0.05) is 6.07 Å². The number of amides is 1. The van der Waals surface area contributed by atoms with Crippen LogP contribution in [0.3, 0.4) is 0 Å². The summed E-state index contributed by atoms with van der Waals surface area (Å²) in [6.45, 7) is 0.723. The normalized spacial score (nSPS) is 11.6. The van der Waals surface area contributed by atoms with Gasteiger partial charge in [-0.05, 0) is 35.9 Å². The fourth-order valence-corrected chi connectivity index (χ4v) is 2.59. The van der Waals surface area contributed by atoms with E-state index in [9.17, 15) is 32.9 Å². The number of alkyl halides is 3. The minimum absolute atomic E-state index is 0.0900. The lowest BCUT2D eigenvalue weighted by Gasteiger charge is -2.13. The van der Waals surface area contributed by atoms with Crippen LogP contribution in [0.15, 0.2) is 42.1 Å². The van der Waals surface area contributed by atoms with Gasteiger partial charge in [0.05, 0.1) is 23.2 Å². The van der Waals surface area contributed by atoms with Crippen LogP contribution in [0.1, 0.15) is 23.6 Å². The maximum absolute atomic E-state index is 12.8. The fraction of sp³-hybridized carbons (Fsp3) is 0.200. The van der Waals surface area contributed by atoms with E-state index in [1.165, 1.54) is 31.4 Å². The van der Waals surface area contributed by atoms with Gasteiger partial charge in [-0.2, -0.15) is 13.2 Å². The zero-order chi connectivity index (χ0) is 24.1. The number of hydrogen-bond donors (Lipinski definition) is 2. The Balaban J connectivity index is 2.30. The summed E-state index contributed by atoms with van der Waals surface area (Å²) >= 11 is 0. The molecule has 0 aliphatic rings. The molecular formula is C20H17F3N2O7. The lowest BCUT2D eigenvalue weighted by atomic mass is 10.1. The Labute approximate surface area is 179 Å². The summed E-state index contributed by atoms with van der Waals surface area (Å²) in [5.74, 6) is -1.71. The molecule has 12 heteroatoms. The number of methoxy groups -OCH3 is 1. The third-order valence-electron chi connectivity index (χ3n) is 4.03. The summed E-state index contributed by atoms with van der Waals surface area (Å²) in [5.41, 5.74) is -2.04. The number of aliphatic carboxylic acids is 1. The number of nitro benzene ring substituents is 1. The van der Waals surface area contributed by atoms with Gasteiger partial charge in [-0.25, -0.2) is 4.79 Å². The van der Waals surface area contributed by atoms with E-state index in [0.717, 1.165) is 13.0 Å². The smallest absolute Gasteiger partial charge is 0.416 e. The highest BCUT2D eigenvalue weighted by Gasteiger charge is 2.33. The van der Waals surface area contributed by atoms with E-state index in [1.54, 1.807) is 0 Å². The van der Waals surface area contributed by atoms with Crippen LogP contribution >= 0.6 is 0 Å². The number of nitrogens with one attached hydrogen (secondary N) is 1. The van der Waals surface area contributed by atoms with Crippen molar-refractivity contribution < 1.29 is 42.3 Å². The summed E-state index contributed by atoms with van der Waals surface area (Å²) < 4.78 is 49.1. The van der Waals surface area contributed by atoms with E-state index in [1.807, 2.05) is 0 Å². The van der Waals surface area contributed by atoms with Crippen LogP contribution in [-0.4, -0.2) is 29.0 Å². The van der Waals surface area contributed by atoms with E-state index in [4.69, 9.17) is 14.6 Å². The zero-order valence-corrected chi connectivity index (χ0v) is 16.7. The molecule has 0 aliphatic carbocycles. The van der Waals surface area contributed by atoms with Gasteiger partial charge in [0.1, 0.15) is 12.3 Å². The van der Waals surface area contributed by atoms with Gasteiger partial charge in [0, 0.05) is 13.0 Å². The van der Waals surface area contributed by atoms with Gasteiger partial charge < -0.3 is 19.9 Å². The Bertz CT molecular complexity index is 1080. The van der Waals surface area contributed by atoms with Crippen molar-refractivity contribution in [2.45, 2.75) is 19.7 Å². The summed E-state index contributed by atoms with van der Waals surface area (Å²) in [4.78, 5) is 32.6. The van der Waals surface area contributed by atoms with Crippen LogP contribution in [0, 0.1) is 10.1 Å². The van der Waals surface area contributed by atoms with Crippen LogP contribution in [0.25, 0.3) is 6.08 Å². The van der Waals surface area contributed by atoms with E-state index >= 15 is 0 Å². The molecule has 1 amide bonds. The summed E-state index contributed by atoms with van der Waals surface area (Å²) in [7, 11) is 1.29. The van der Waals surface area contributed by atoms with E-state index in [-0.39, 0.29) is 22.8 Å². The number of ether oxygens (including phenoxy) is 2. The Morgan fingerprint density at radius 2 is 1.88 bits per heavy atom. The minimum Gasteiger partial charge on any atom is -0.493 e. The Kier molecular flexibility index (Phi) is 7.41. The van der Waals surface area contributed by atoms with Crippen LogP contribution in [0.4, 0.5) is 18.9 Å². The molecule has 0 saturated carbocycles. The topological polar surface area (TPSA) is 128 Å². The van der Waals surface area contributed by atoms with E-state index in [0.29, 0.717) is 17.7 Å². The third kappa shape index (κ3) is 6.20. The van der Waals surface area contributed by atoms with Crippen LogP contribution in [0.2, 0.25) is 0 Å². The molecule has 2 rings (SSSR count). The van der Waals surface area contributed by atoms with E-state index in [2.05, 4.69) is 5.32 Å². The number of benzene rings is 2. The maximum atomic E-state index is 12.8. The highest BCUT2D eigenvalue weighted by atomic mass is 19.4. The molecule has 0 radical (unpaired) electrons. The van der Waals surface area contributed by atoms with Crippen molar-refractivity contribution in [2.24, 2.45) is 0 Å². The number of carbonyl (C=O) groups is 2. The second kappa shape index (κ2) is 9.81. The Morgan fingerprint density at radius 3 is 2.41 bits per heavy atom. The number of hydrogen-bond acceptors (Lipinski definition) is 6. The first kappa shape index (κ1) is 24.2. The number of rotatable bonds is 8. The predicted molar refractivity (Wildman–Crippen MR) is 105 cm³/mol. The molecular weight excluding hydrogens is 437 g/mol. The zero-order valence-electron chi connectivity index (χ0n) is 16.7. The molecule has 0 aromatic heterocycles. The molecule has 0 bridgehead atoms. The van der Waals surface area contributed by atoms with Crippen molar-refractivity contribution in [3.63, 3.8) is 0 Å². The van der Waals surface area contributed by atoms with Crippen LogP contribution in [0.5, 0.6) is 11.5 Å². The number of nitro groups is 1. The first-order valence-electron chi connectivity index (χ1n) is 8.80. The SMILES string of the molecule is COc1cc(C=C(NC(C)=O)C(=O)O)ccc1OCc1ccc(C(F)(F)F)cc1[N+](=O)[O-]. The quantitative estimate of drug-likeness (QED) is 0.353. The first-order chi connectivity index (χ1) is 14.9. The summed E-state index contributed by atoms with van der Waals surface area (Å²) in [6.07, 6.45) is -3.56. The average Bonchev–Trinajstić information content (AvgIpc) is 2.70. The second-order valence-electron chi connectivity index (χ2n) is 6.34. The highest BCUT2D eigenvalue weighted by molar-refractivity contribution is 5.96. The second-order valence-corrected chi connectivity index (χ2v) is 6.34. The summed E-state index contributed by atoms with van der Waals surface area (Å²) in [6, 6.07) is 6.31. The van der Waals surface area contributed by atoms with E-state index < -0.39 is 40.8 Å². The van der Waals surface area contributed by atoms with Crippen molar-refractivity contribution in [2.75, 3.05) is 7.11 Å². The molecule has 32 heavy (non-hydrogen) atoms. The number of carboxylic acid groups (broad SMARTS) is 1. The number of nitrogens with zero attached hydrogens (tertiary/aromatic N) is 1. The van der Waals surface area contributed by atoms with Crippen molar-refractivity contribution in [1.82, 2.24) is 5.32 Å². The molecule has 0 saturated heterocycles. The van der Waals surface area contributed by atoms with Gasteiger partial charge in [0.15, 0.2) is 11.5 Å². The van der Waals surface area contributed by atoms with Gasteiger partial charge in [0.2, 0.25) is 5.91 Å². The number of carboxylic acids is 1. The van der Waals surface area contributed by atoms with Crippen molar-refractivity contribution in [3.05, 3.63) is 68.9 Å². The minimum atomic E-state index is -4.73. The standard InChI is InChI=1S/C20H17F3N2O7/c1-11(26)24-15(19(27)28)7-12-3-6-17(18(8-12)31-2)32-10-13-4-5-14(20(21,22)23)9-16(13)25(29)30/h3-9H,10H2,1-2H3,(H,24,26)(H,27,28). The molecule has 0 fully saturated rings. The van der Waals surface area contributed by atoms with Gasteiger partial charge in [0.25, 0.3) is 5.69 Å². The summed E-state index contributed by atoms with van der Waals surface area (Å²) in [5, 5.41) is 22.5. The molecule has 2 aromatic rings. The Morgan fingerprint density at radius 1 is 1.19 bits per heavy atom. The molecule has 2 N–H and O–H groups in total. The molecule has 2 aromatic carbocycles. The molecule has 0 atom stereocenters. The van der Waals surface area contributed by atoms with Crippen molar-refractivity contribution >= 4 is 23.6 Å². The molecule has 170 valence electrons. The lowest BCUT2D eigenvalue weighted by molar-refractivity contribution is -0.386. The molecule has 0 unspecified atom stereocenters. The number of halogens is 3. The van der Waals surface area contributed by atoms with Gasteiger partial charge >= 0.3 is 12.1 Å².